The van der Waals surface area contributed by atoms with Crippen LogP contribution in [0, 0.1) is 5.92 Å². The molecule has 0 spiro atoms. The molecule has 0 aromatic rings. The van der Waals surface area contributed by atoms with Crippen LogP contribution in [0.25, 0.3) is 0 Å². The number of hydrogen-bond acceptors (Lipinski definition) is 4. The van der Waals surface area contributed by atoms with Gasteiger partial charge in [0.05, 0.1) is 12.7 Å². The molecule has 0 rings (SSSR count). The number of ether oxygens (including phenoxy) is 1. The van der Waals surface area contributed by atoms with E-state index in [2.05, 4.69) is 6.92 Å². The van der Waals surface area contributed by atoms with Crippen molar-refractivity contribution < 1.29 is 24.9 Å². The first-order chi connectivity index (χ1) is 13.0. The van der Waals surface area contributed by atoms with Crippen molar-refractivity contribution in [1.29, 1.82) is 0 Å². The summed E-state index contributed by atoms with van der Waals surface area (Å²) in [6.07, 6.45) is 14.6. The number of aliphatic carboxylic acids is 1. The fourth-order valence-corrected chi connectivity index (χ4v) is 3.60. The van der Waals surface area contributed by atoms with Crippen LogP contribution in [0.2, 0.25) is 0 Å². The summed E-state index contributed by atoms with van der Waals surface area (Å²) in [5, 5.41) is 28.8. The van der Waals surface area contributed by atoms with Crippen LogP contribution < -0.4 is 0 Å². The van der Waals surface area contributed by atoms with Gasteiger partial charge in [0.2, 0.25) is 0 Å². The van der Waals surface area contributed by atoms with E-state index < -0.39 is 18.2 Å². The lowest BCUT2D eigenvalue weighted by molar-refractivity contribution is -0.138. The summed E-state index contributed by atoms with van der Waals surface area (Å²) in [6.45, 7) is 2.32. The molecule has 0 saturated carbocycles. The maximum absolute atomic E-state index is 11.0. The Labute approximate surface area is 166 Å². The van der Waals surface area contributed by atoms with Gasteiger partial charge in [-0.05, 0) is 18.8 Å². The van der Waals surface area contributed by atoms with E-state index in [1.165, 1.54) is 71.3 Å². The first-order valence-corrected chi connectivity index (χ1v) is 11.1. The maximum Gasteiger partial charge on any atom is 0.303 e. The van der Waals surface area contributed by atoms with Crippen molar-refractivity contribution in [2.45, 2.75) is 115 Å². The van der Waals surface area contributed by atoms with E-state index >= 15 is 0 Å². The molecule has 0 aliphatic rings. The minimum atomic E-state index is -0.951. The molecule has 0 amide bonds. The van der Waals surface area contributed by atoms with E-state index in [9.17, 15) is 15.0 Å². The van der Waals surface area contributed by atoms with Crippen LogP contribution in [0.15, 0.2) is 0 Å². The third-order valence-electron chi connectivity index (χ3n) is 5.29. The van der Waals surface area contributed by atoms with E-state index in [0.29, 0.717) is 6.42 Å². The number of aliphatic hydroxyl groups excluding tert-OH is 2. The largest absolute Gasteiger partial charge is 0.481 e. The molecule has 3 unspecified atom stereocenters. The second-order valence-electron chi connectivity index (χ2n) is 7.97. The van der Waals surface area contributed by atoms with Crippen molar-refractivity contribution in [3.8, 4) is 0 Å². The molecule has 0 aliphatic heterocycles. The molecular weight excluding hydrogens is 344 g/mol. The lowest BCUT2D eigenvalue weighted by atomic mass is 9.90. The molecule has 3 N–H and O–H groups in total. The van der Waals surface area contributed by atoms with E-state index in [1.807, 2.05) is 0 Å². The summed E-state index contributed by atoms with van der Waals surface area (Å²) in [7, 11) is 1.47. The number of carbonyl (C=O) groups is 1. The van der Waals surface area contributed by atoms with Gasteiger partial charge in [0.15, 0.2) is 0 Å². The Bertz CT molecular complexity index is 335. The average molecular weight is 389 g/mol. The number of aliphatic hydroxyl groups is 2. The van der Waals surface area contributed by atoms with Gasteiger partial charge in [-0.1, -0.05) is 84.0 Å². The highest BCUT2D eigenvalue weighted by molar-refractivity contribution is 5.67. The number of unbranched alkanes of at least 4 members (excludes halogenated alkanes) is 11. The lowest BCUT2D eigenvalue weighted by Gasteiger charge is -2.22. The number of carboxylic acid groups (broad SMARTS) is 1. The summed E-state index contributed by atoms with van der Waals surface area (Å²) in [6, 6.07) is 0. The average Bonchev–Trinajstić information content (AvgIpc) is 2.62. The topological polar surface area (TPSA) is 87.0 Å². The Balaban J connectivity index is 3.74. The second-order valence-corrected chi connectivity index (χ2v) is 7.97. The van der Waals surface area contributed by atoms with E-state index in [4.69, 9.17) is 9.84 Å². The minimum Gasteiger partial charge on any atom is -0.481 e. The maximum atomic E-state index is 11.0. The third-order valence-corrected chi connectivity index (χ3v) is 5.29. The summed E-state index contributed by atoms with van der Waals surface area (Å²) >= 11 is 0. The van der Waals surface area contributed by atoms with Crippen LogP contribution in [-0.4, -0.2) is 47.2 Å². The van der Waals surface area contributed by atoms with Crippen LogP contribution >= 0.6 is 0 Å². The zero-order valence-corrected chi connectivity index (χ0v) is 17.7. The highest BCUT2D eigenvalue weighted by atomic mass is 16.5. The Morgan fingerprint density at radius 3 is 1.74 bits per heavy atom. The molecule has 162 valence electrons. The van der Waals surface area contributed by atoms with Gasteiger partial charge in [-0.3, -0.25) is 4.79 Å². The predicted octanol–water partition coefficient (Wildman–Crippen LogP) is 4.93. The van der Waals surface area contributed by atoms with Gasteiger partial charge in [0, 0.05) is 13.5 Å². The Morgan fingerprint density at radius 2 is 1.30 bits per heavy atom. The van der Waals surface area contributed by atoms with Gasteiger partial charge in [0.25, 0.3) is 0 Å². The van der Waals surface area contributed by atoms with Crippen LogP contribution in [-0.2, 0) is 9.53 Å². The smallest absolute Gasteiger partial charge is 0.303 e. The van der Waals surface area contributed by atoms with Crippen molar-refractivity contribution in [1.82, 2.24) is 0 Å². The first-order valence-electron chi connectivity index (χ1n) is 11.1. The molecule has 5 nitrogen and oxygen atoms in total. The van der Waals surface area contributed by atoms with E-state index in [0.717, 1.165) is 19.3 Å². The second kappa shape index (κ2) is 18.7. The lowest BCUT2D eigenvalue weighted by Crippen LogP contribution is -2.32. The fourth-order valence-electron chi connectivity index (χ4n) is 3.60. The quantitative estimate of drug-likeness (QED) is 0.258. The zero-order chi connectivity index (χ0) is 20.3. The molecule has 27 heavy (non-hydrogen) atoms. The summed E-state index contributed by atoms with van der Waals surface area (Å²) in [4.78, 5) is 11.0. The molecule has 0 aromatic carbocycles. The van der Waals surface area contributed by atoms with Crippen LogP contribution in [0.3, 0.4) is 0 Å². The van der Waals surface area contributed by atoms with Crippen LogP contribution in [0.1, 0.15) is 103 Å². The fraction of sp³-hybridized carbons (Fsp3) is 0.955. The van der Waals surface area contributed by atoms with Crippen molar-refractivity contribution in [2.24, 2.45) is 5.92 Å². The van der Waals surface area contributed by atoms with E-state index in [1.54, 1.807) is 0 Å². The van der Waals surface area contributed by atoms with Crippen molar-refractivity contribution in [2.75, 3.05) is 13.7 Å². The van der Waals surface area contributed by atoms with Gasteiger partial charge in [-0.2, -0.15) is 0 Å². The minimum absolute atomic E-state index is 0.0504. The highest BCUT2D eigenvalue weighted by Crippen LogP contribution is 2.22. The third kappa shape index (κ3) is 17.2. The normalized spacial score (nSPS) is 14.8. The Hall–Kier alpha value is -0.650. The molecule has 0 aliphatic carbocycles. The molecule has 0 aromatic heterocycles. The molecule has 0 fully saturated rings. The first kappa shape index (κ1) is 26.4. The molecule has 0 bridgehead atoms. The van der Waals surface area contributed by atoms with Gasteiger partial charge in [0.1, 0.15) is 6.10 Å². The van der Waals surface area contributed by atoms with Gasteiger partial charge in [-0.15, -0.1) is 0 Å². The van der Waals surface area contributed by atoms with Crippen molar-refractivity contribution >= 4 is 5.97 Å². The molecule has 0 heterocycles. The number of carboxylic acids is 1. The van der Waals surface area contributed by atoms with Crippen LogP contribution in [0.4, 0.5) is 0 Å². The Kier molecular flexibility index (Phi) is 18.3. The number of hydrogen-bond donors (Lipinski definition) is 3. The Morgan fingerprint density at radius 1 is 0.815 bits per heavy atom. The monoisotopic (exact) mass is 388 g/mol. The predicted molar refractivity (Wildman–Crippen MR) is 110 cm³/mol. The molecule has 0 radical (unpaired) electrons. The molecule has 5 heteroatoms. The zero-order valence-electron chi connectivity index (χ0n) is 17.7. The molecule has 3 atom stereocenters. The summed E-state index contributed by atoms with van der Waals surface area (Å²) in [5.74, 6) is -0.931. The van der Waals surface area contributed by atoms with Gasteiger partial charge in [-0.25, -0.2) is 0 Å². The highest BCUT2D eigenvalue weighted by Gasteiger charge is 2.22. The van der Waals surface area contributed by atoms with Gasteiger partial charge >= 0.3 is 5.97 Å². The van der Waals surface area contributed by atoms with Gasteiger partial charge < -0.3 is 20.1 Å². The van der Waals surface area contributed by atoms with Crippen molar-refractivity contribution in [3.63, 3.8) is 0 Å². The SMILES string of the molecule is CCCCCCCCCCCCCCC(CC(=O)O)CC(O)C(O)COC. The van der Waals surface area contributed by atoms with Crippen molar-refractivity contribution in [3.05, 3.63) is 0 Å². The molecular formula is C22H44O5. The van der Waals surface area contributed by atoms with Crippen LogP contribution in [0.5, 0.6) is 0 Å². The summed E-state index contributed by atoms with van der Waals surface area (Å²) in [5.41, 5.74) is 0. The summed E-state index contributed by atoms with van der Waals surface area (Å²) < 4.78 is 4.84. The molecule has 0 saturated heterocycles. The standard InChI is InChI=1S/C22H44O5/c1-3-4-5-6-7-8-9-10-11-12-13-14-15-19(17-22(25)26)16-20(23)21(24)18-27-2/h19-21,23-24H,3-18H2,1-2H3,(H,25,26). The number of methoxy groups -OCH3 is 1. The van der Waals surface area contributed by atoms with E-state index in [-0.39, 0.29) is 18.9 Å². The number of rotatable bonds is 20.